The van der Waals surface area contributed by atoms with Gasteiger partial charge in [-0.2, -0.15) is 0 Å². The van der Waals surface area contributed by atoms with Crippen LogP contribution in [0.25, 0.3) is 0 Å². The number of carbonyl (C=O) groups is 2. The molecule has 0 radical (unpaired) electrons. The van der Waals surface area contributed by atoms with Gasteiger partial charge in [-0.05, 0) is 33.6 Å². The van der Waals surface area contributed by atoms with Crippen LogP contribution in [0.4, 0.5) is 4.79 Å². The topological polar surface area (TPSA) is 67.4 Å². The summed E-state index contributed by atoms with van der Waals surface area (Å²) in [4.78, 5) is 22.8. The van der Waals surface area contributed by atoms with E-state index < -0.39 is 11.7 Å². The minimum Gasteiger partial charge on any atom is -0.444 e. The lowest BCUT2D eigenvalue weighted by Gasteiger charge is -2.30. The van der Waals surface area contributed by atoms with E-state index in [1.165, 1.54) is 6.92 Å². The number of alkyl carbamates (subject to hydrolysis) is 1. The Labute approximate surface area is 109 Å². The van der Waals surface area contributed by atoms with Gasteiger partial charge in [0, 0.05) is 13.5 Å². The number of nitrogens with one attached hydrogen (secondary N) is 2. The fraction of sp³-hybridized carbons (Fsp3) is 0.846. The first-order valence-corrected chi connectivity index (χ1v) is 6.48. The Hall–Kier alpha value is -1.26. The highest BCUT2D eigenvalue weighted by Crippen LogP contribution is 2.29. The molecule has 0 saturated heterocycles. The molecule has 0 heterocycles. The van der Waals surface area contributed by atoms with Crippen LogP contribution >= 0.6 is 0 Å². The highest BCUT2D eigenvalue weighted by Gasteiger charge is 2.35. The molecule has 18 heavy (non-hydrogen) atoms. The number of rotatable bonds is 3. The first-order valence-electron chi connectivity index (χ1n) is 6.48. The summed E-state index contributed by atoms with van der Waals surface area (Å²) in [5.74, 6) is -0.0529. The molecular weight excluding hydrogens is 232 g/mol. The summed E-state index contributed by atoms with van der Waals surface area (Å²) in [6.45, 7) is 7.41. The van der Waals surface area contributed by atoms with Gasteiger partial charge < -0.3 is 15.4 Å². The van der Waals surface area contributed by atoms with Gasteiger partial charge in [0.15, 0.2) is 0 Å². The first kappa shape index (κ1) is 14.8. The van der Waals surface area contributed by atoms with E-state index in [2.05, 4.69) is 10.6 Å². The van der Waals surface area contributed by atoms with Crippen LogP contribution in [0.1, 0.15) is 53.4 Å². The first-order chi connectivity index (χ1) is 8.22. The maximum Gasteiger partial charge on any atom is 0.407 e. The van der Waals surface area contributed by atoms with Crippen LogP contribution in [0, 0.1) is 0 Å². The van der Waals surface area contributed by atoms with Crippen LogP contribution in [-0.2, 0) is 9.53 Å². The number of hydrogen-bond acceptors (Lipinski definition) is 3. The quantitative estimate of drug-likeness (QED) is 0.811. The minimum atomic E-state index is -0.499. The maximum atomic E-state index is 11.6. The normalized spacial score (nSPS) is 18.2. The zero-order valence-electron chi connectivity index (χ0n) is 11.8. The molecule has 1 saturated carbocycles. The molecule has 0 aromatic rings. The number of ether oxygens (including phenoxy) is 1. The van der Waals surface area contributed by atoms with E-state index in [0.717, 1.165) is 25.7 Å². The van der Waals surface area contributed by atoms with Gasteiger partial charge >= 0.3 is 6.09 Å². The molecular formula is C13H24N2O3. The second kappa shape index (κ2) is 5.59. The third-order valence-corrected chi connectivity index (χ3v) is 2.97. The van der Waals surface area contributed by atoms with E-state index in [-0.39, 0.29) is 11.4 Å². The predicted octanol–water partition coefficient (Wildman–Crippen LogP) is 1.96. The van der Waals surface area contributed by atoms with Gasteiger partial charge in [0.05, 0.1) is 5.54 Å². The average molecular weight is 256 g/mol. The Balaban J connectivity index is 2.48. The third kappa shape index (κ3) is 4.94. The van der Waals surface area contributed by atoms with Crippen LogP contribution in [0.3, 0.4) is 0 Å². The van der Waals surface area contributed by atoms with Crippen LogP contribution in [0.2, 0.25) is 0 Å². The molecule has 2 amide bonds. The minimum absolute atomic E-state index is 0.0529. The third-order valence-electron chi connectivity index (χ3n) is 2.97. The summed E-state index contributed by atoms with van der Waals surface area (Å²) in [5, 5.41) is 5.72. The monoisotopic (exact) mass is 256 g/mol. The van der Waals surface area contributed by atoms with E-state index in [1.54, 1.807) is 0 Å². The second-order valence-electron chi connectivity index (χ2n) is 6.02. The molecule has 5 heteroatoms. The van der Waals surface area contributed by atoms with Crippen molar-refractivity contribution in [3.8, 4) is 0 Å². The lowest BCUT2D eigenvalue weighted by Crippen LogP contribution is -2.53. The Morgan fingerprint density at radius 2 is 1.78 bits per heavy atom. The summed E-state index contributed by atoms with van der Waals surface area (Å²) in [5.41, 5.74) is -0.788. The average Bonchev–Trinajstić information content (AvgIpc) is 2.60. The molecule has 5 nitrogen and oxygen atoms in total. The van der Waals surface area contributed by atoms with Crippen molar-refractivity contribution in [2.75, 3.05) is 6.54 Å². The van der Waals surface area contributed by atoms with Crippen molar-refractivity contribution in [2.24, 2.45) is 0 Å². The summed E-state index contributed by atoms with van der Waals surface area (Å²) >= 11 is 0. The van der Waals surface area contributed by atoms with Crippen molar-refractivity contribution in [1.29, 1.82) is 0 Å². The molecule has 0 bridgehead atoms. The Morgan fingerprint density at radius 1 is 1.22 bits per heavy atom. The van der Waals surface area contributed by atoms with Crippen molar-refractivity contribution in [1.82, 2.24) is 10.6 Å². The van der Waals surface area contributed by atoms with E-state index in [9.17, 15) is 9.59 Å². The lowest BCUT2D eigenvalue weighted by atomic mass is 9.97. The fourth-order valence-corrected chi connectivity index (χ4v) is 2.33. The van der Waals surface area contributed by atoms with E-state index in [1.807, 2.05) is 20.8 Å². The summed E-state index contributed by atoms with van der Waals surface area (Å²) in [6, 6.07) is 0. The molecule has 0 spiro atoms. The highest BCUT2D eigenvalue weighted by atomic mass is 16.6. The van der Waals surface area contributed by atoms with Gasteiger partial charge in [-0.25, -0.2) is 4.79 Å². The summed E-state index contributed by atoms with van der Waals surface area (Å²) < 4.78 is 5.18. The number of hydrogen-bond donors (Lipinski definition) is 2. The van der Waals surface area contributed by atoms with Crippen LogP contribution in [0.5, 0.6) is 0 Å². The molecule has 0 unspecified atom stereocenters. The number of carbonyl (C=O) groups excluding carboxylic acids is 2. The Morgan fingerprint density at radius 3 is 2.22 bits per heavy atom. The van der Waals surface area contributed by atoms with Gasteiger partial charge in [-0.15, -0.1) is 0 Å². The second-order valence-corrected chi connectivity index (χ2v) is 6.02. The van der Waals surface area contributed by atoms with Crippen LogP contribution < -0.4 is 10.6 Å². The smallest absolute Gasteiger partial charge is 0.407 e. The summed E-state index contributed by atoms with van der Waals surface area (Å²) in [6.07, 6.45) is 3.54. The molecule has 1 aliphatic rings. The maximum absolute atomic E-state index is 11.6. The van der Waals surface area contributed by atoms with Crippen molar-refractivity contribution >= 4 is 12.0 Å². The van der Waals surface area contributed by atoms with Crippen molar-refractivity contribution in [3.05, 3.63) is 0 Å². The molecule has 0 atom stereocenters. The molecule has 0 aromatic carbocycles. The zero-order chi connectivity index (χ0) is 13.8. The van der Waals surface area contributed by atoms with Crippen molar-refractivity contribution in [2.45, 2.75) is 64.5 Å². The molecule has 2 N–H and O–H groups in total. The molecule has 0 aliphatic heterocycles. The van der Waals surface area contributed by atoms with Crippen molar-refractivity contribution < 1.29 is 14.3 Å². The van der Waals surface area contributed by atoms with Crippen LogP contribution in [0.15, 0.2) is 0 Å². The van der Waals surface area contributed by atoms with E-state index in [0.29, 0.717) is 6.54 Å². The van der Waals surface area contributed by atoms with Crippen LogP contribution in [-0.4, -0.2) is 29.7 Å². The predicted molar refractivity (Wildman–Crippen MR) is 69.3 cm³/mol. The van der Waals surface area contributed by atoms with E-state index in [4.69, 9.17) is 4.74 Å². The van der Waals surface area contributed by atoms with E-state index >= 15 is 0 Å². The Bertz CT molecular complexity index is 315. The largest absolute Gasteiger partial charge is 0.444 e. The van der Waals surface area contributed by atoms with Gasteiger partial charge in [-0.3, -0.25) is 4.79 Å². The molecule has 1 fully saturated rings. The summed E-state index contributed by atoms with van der Waals surface area (Å²) in [7, 11) is 0. The lowest BCUT2D eigenvalue weighted by molar-refractivity contribution is -0.120. The molecule has 1 aliphatic carbocycles. The fourth-order valence-electron chi connectivity index (χ4n) is 2.33. The van der Waals surface area contributed by atoms with Gasteiger partial charge in [0.25, 0.3) is 0 Å². The Kier molecular flexibility index (Phi) is 4.59. The highest BCUT2D eigenvalue weighted by molar-refractivity contribution is 5.74. The van der Waals surface area contributed by atoms with Gasteiger partial charge in [0.1, 0.15) is 5.60 Å². The SMILES string of the molecule is CC(=O)NC1(CNC(=O)OC(C)(C)C)CCCC1. The molecule has 1 rings (SSSR count). The molecule has 0 aromatic heterocycles. The molecule has 104 valence electrons. The number of amides is 2. The van der Waals surface area contributed by atoms with Gasteiger partial charge in [0.2, 0.25) is 5.91 Å². The van der Waals surface area contributed by atoms with Gasteiger partial charge in [-0.1, -0.05) is 12.8 Å². The van der Waals surface area contributed by atoms with Crippen molar-refractivity contribution in [3.63, 3.8) is 0 Å². The standard InChI is InChI=1S/C13H24N2O3/c1-10(16)15-13(7-5-6-8-13)9-14-11(17)18-12(2,3)4/h5-9H2,1-4H3,(H,14,17)(H,15,16). The zero-order valence-corrected chi connectivity index (χ0v) is 11.8.